The first-order chi connectivity index (χ1) is 12.7. The highest BCUT2D eigenvalue weighted by Gasteiger charge is 2.29. The molecular weight excluding hydrogens is 350 g/mol. The Bertz CT molecular complexity index is 671. The molecule has 0 saturated carbocycles. The monoisotopic (exact) mass is 375 g/mol. The van der Waals surface area contributed by atoms with E-state index >= 15 is 0 Å². The summed E-state index contributed by atoms with van der Waals surface area (Å²) in [7, 11) is 1.74. The fourth-order valence-corrected chi connectivity index (χ4v) is 4.45. The maximum atomic E-state index is 12.4. The van der Waals surface area contributed by atoms with E-state index in [2.05, 4.69) is 18.2 Å². The maximum Gasteiger partial charge on any atom is 0.260 e. The topological polar surface area (TPSA) is 59.0 Å². The standard InChI is InChI=1S/C20H25NO4S/c1-24-18-4-2-3-5-19(18)26-17-10-11-21(12-17)20(23)14-25-16-8-6-15(13-22)7-9-16/h2-3,5-9,17-18,22H,4,10-14H2,1H3. The third kappa shape index (κ3) is 4.90. The van der Waals surface area contributed by atoms with Crippen LogP contribution >= 0.6 is 11.8 Å². The van der Waals surface area contributed by atoms with Crippen molar-refractivity contribution < 1.29 is 19.4 Å². The average Bonchev–Trinajstić information content (AvgIpc) is 3.15. The van der Waals surface area contributed by atoms with Gasteiger partial charge in [-0.3, -0.25) is 4.79 Å². The van der Waals surface area contributed by atoms with E-state index in [1.807, 2.05) is 16.7 Å². The normalized spacial score (nSPS) is 22.4. The number of allylic oxidation sites excluding steroid dienone is 2. The van der Waals surface area contributed by atoms with Gasteiger partial charge in [0, 0.05) is 30.4 Å². The Morgan fingerprint density at radius 3 is 2.88 bits per heavy atom. The number of nitrogens with zero attached hydrogens (tertiary/aromatic N) is 1. The summed E-state index contributed by atoms with van der Waals surface area (Å²) in [6, 6.07) is 7.13. The molecule has 2 atom stereocenters. The molecule has 140 valence electrons. The zero-order valence-electron chi connectivity index (χ0n) is 15.0. The lowest BCUT2D eigenvalue weighted by atomic mass is 10.1. The van der Waals surface area contributed by atoms with E-state index in [1.165, 1.54) is 4.91 Å². The van der Waals surface area contributed by atoms with Crippen molar-refractivity contribution in [2.75, 3.05) is 26.8 Å². The number of aliphatic hydroxyl groups is 1. The van der Waals surface area contributed by atoms with Gasteiger partial charge < -0.3 is 19.5 Å². The molecule has 1 aliphatic heterocycles. The molecule has 1 fully saturated rings. The number of benzene rings is 1. The quantitative estimate of drug-likeness (QED) is 0.794. The lowest BCUT2D eigenvalue weighted by Crippen LogP contribution is -2.33. The second-order valence-corrected chi connectivity index (χ2v) is 7.79. The van der Waals surface area contributed by atoms with Crippen LogP contribution in [0.15, 0.2) is 47.4 Å². The van der Waals surface area contributed by atoms with Crippen LogP contribution in [-0.4, -0.2) is 54.1 Å². The van der Waals surface area contributed by atoms with Crippen molar-refractivity contribution in [2.24, 2.45) is 0 Å². The second-order valence-electron chi connectivity index (χ2n) is 6.42. The van der Waals surface area contributed by atoms with Crippen molar-refractivity contribution in [2.45, 2.75) is 30.8 Å². The highest BCUT2D eigenvalue weighted by Crippen LogP contribution is 2.34. The van der Waals surface area contributed by atoms with E-state index in [4.69, 9.17) is 14.6 Å². The van der Waals surface area contributed by atoms with Crippen LogP contribution in [0.3, 0.4) is 0 Å². The van der Waals surface area contributed by atoms with Gasteiger partial charge in [-0.25, -0.2) is 0 Å². The lowest BCUT2D eigenvalue weighted by molar-refractivity contribution is -0.132. The van der Waals surface area contributed by atoms with Crippen molar-refractivity contribution in [3.63, 3.8) is 0 Å². The van der Waals surface area contributed by atoms with Gasteiger partial charge in [0.25, 0.3) is 5.91 Å². The zero-order chi connectivity index (χ0) is 18.4. The summed E-state index contributed by atoms with van der Waals surface area (Å²) < 4.78 is 11.1. The largest absolute Gasteiger partial charge is 0.484 e. The minimum atomic E-state index is 0.00218. The summed E-state index contributed by atoms with van der Waals surface area (Å²) in [5.74, 6) is 0.655. The number of hydrogen-bond donors (Lipinski definition) is 1. The van der Waals surface area contributed by atoms with E-state index in [9.17, 15) is 4.79 Å². The molecule has 6 heteroatoms. The van der Waals surface area contributed by atoms with Crippen LogP contribution < -0.4 is 4.74 Å². The molecule has 1 heterocycles. The number of hydrogen-bond acceptors (Lipinski definition) is 5. The number of rotatable bonds is 7. The highest BCUT2D eigenvalue weighted by molar-refractivity contribution is 8.03. The molecule has 2 aliphatic rings. The van der Waals surface area contributed by atoms with E-state index in [-0.39, 0.29) is 25.2 Å². The predicted molar refractivity (Wildman–Crippen MR) is 103 cm³/mol. The predicted octanol–water partition coefficient (Wildman–Crippen LogP) is 2.75. The number of amides is 1. The molecule has 1 aliphatic carbocycles. The van der Waals surface area contributed by atoms with Crippen LogP contribution in [0.25, 0.3) is 0 Å². The molecule has 1 saturated heterocycles. The molecule has 0 bridgehead atoms. The van der Waals surface area contributed by atoms with E-state index in [1.54, 1.807) is 31.4 Å². The summed E-state index contributed by atoms with van der Waals surface area (Å²) in [4.78, 5) is 15.5. The number of carbonyl (C=O) groups is 1. The van der Waals surface area contributed by atoms with Crippen molar-refractivity contribution in [1.82, 2.24) is 4.90 Å². The van der Waals surface area contributed by atoms with E-state index in [0.717, 1.165) is 31.5 Å². The van der Waals surface area contributed by atoms with Gasteiger partial charge in [-0.05, 0) is 30.5 Å². The smallest absolute Gasteiger partial charge is 0.260 e. The summed E-state index contributed by atoms with van der Waals surface area (Å²) in [5.41, 5.74) is 0.823. The third-order valence-corrected chi connectivity index (χ3v) is 6.01. The number of likely N-dealkylation sites (tertiary alicyclic amines) is 1. The van der Waals surface area contributed by atoms with Gasteiger partial charge in [0.05, 0.1) is 12.7 Å². The highest BCUT2D eigenvalue weighted by atomic mass is 32.2. The molecule has 5 nitrogen and oxygen atoms in total. The Hall–Kier alpha value is -1.76. The molecule has 0 aromatic heterocycles. The fourth-order valence-electron chi connectivity index (χ4n) is 3.09. The summed E-state index contributed by atoms with van der Waals surface area (Å²) >= 11 is 1.83. The number of methoxy groups -OCH3 is 1. The van der Waals surface area contributed by atoms with Crippen LogP contribution in [0.4, 0.5) is 0 Å². The van der Waals surface area contributed by atoms with Crippen LogP contribution in [-0.2, 0) is 16.1 Å². The first-order valence-electron chi connectivity index (χ1n) is 8.86. The van der Waals surface area contributed by atoms with Crippen molar-refractivity contribution in [3.8, 4) is 5.75 Å². The number of aliphatic hydroxyl groups excluding tert-OH is 1. The average molecular weight is 375 g/mol. The molecule has 1 aromatic carbocycles. The number of ether oxygens (including phenoxy) is 2. The minimum absolute atomic E-state index is 0.00218. The molecule has 0 spiro atoms. The van der Waals surface area contributed by atoms with Crippen LogP contribution in [0.5, 0.6) is 5.75 Å². The number of carbonyl (C=O) groups excluding carboxylic acids is 1. The van der Waals surface area contributed by atoms with Gasteiger partial charge in [0.15, 0.2) is 6.61 Å². The van der Waals surface area contributed by atoms with Gasteiger partial charge >= 0.3 is 0 Å². The third-order valence-electron chi connectivity index (χ3n) is 4.62. The van der Waals surface area contributed by atoms with E-state index < -0.39 is 0 Å². The SMILES string of the molecule is COC1CC=CC=C1SC1CCN(C(=O)COc2ccc(CO)cc2)C1. The zero-order valence-corrected chi connectivity index (χ0v) is 15.8. The first kappa shape index (κ1) is 19.0. The number of thioether (sulfide) groups is 1. The Labute approximate surface area is 158 Å². The van der Waals surface area contributed by atoms with Crippen molar-refractivity contribution in [3.05, 3.63) is 53.0 Å². The molecule has 3 rings (SSSR count). The molecule has 1 amide bonds. The Balaban J connectivity index is 1.46. The molecule has 0 radical (unpaired) electrons. The van der Waals surface area contributed by atoms with E-state index in [0.29, 0.717) is 11.0 Å². The molecule has 1 aromatic rings. The van der Waals surface area contributed by atoms with Crippen LogP contribution in [0.1, 0.15) is 18.4 Å². The summed E-state index contributed by atoms with van der Waals surface area (Å²) in [5, 5.41) is 9.45. The van der Waals surface area contributed by atoms with Gasteiger partial charge in [0.2, 0.25) is 0 Å². The summed E-state index contributed by atoms with van der Waals surface area (Å²) in [6.07, 6.45) is 8.34. The lowest BCUT2D eigenvalue weighted by Gasteiger charge is -2.22. The van der Waals surface area contributed by atoms with Crippen LogP contribution in [0, 0.1) is 0 Å². The maximum absolute atomic E-state index is 12.4. The first-order valence-corrected chi connectivity index (χ1v) is 9.74. The Morgan fingerprint density at radius 1 is 1.35 bits per heavy atom. The minimum Gasteiger partial charge on any atom is -0.484 e. The second kappa shape index (κ2) is 9.26. The molecular formula is C20H25NO4S. The fraction of sp³-hybridized carbons (Fsp3) is 0.450. The summed E-state index contributed by atoms with van der Waals surface area (Å²) in [6.45, 7) is 1.56. The molecule has 26 heavy (non-hydrogen) atoms. The molecule has 2 unspecified atom stereocenters. The van der Waals surface area contributed by atoms with Gasteiger partial charge in [-0.2, -0.15) is 0 Å². The van der Waals surface area contributed by atoms with Gasteiger partial charge in [-0.15, -0.1) is 11.8 Å². The Kier molecular flexibility index (Phi) is 6.77. The van der Waals surface area contributed by atoms with Gasteiger partial charge in [0.1, 0.15) is 5.75 Å². The van der Waals surface area contributed by atoms with Crippen LogP contribution in [0.2, 0.25) is 0 Å². The molecule has 1 N–H and O–H groups in total. The van der Waals surface area contributed by atoms with Gasteiger partial charge in [-0.1, -0.05) is 30.4 Å². The van der Waals surface area contributed by atoms with Crippen molar-refractivity contribution >= 4 is 17.7 Å². The Morgan fingerprint density at radius 2 is 2.15 bits per heavy atom. The van der Waals surface area contributed by atoms with Crippen molar-refractivity contribution in [1.29, 1.82) is 0 Å².